The lowest BCUT2D eigenvalue weighted by molar-refractivity contribution is 0.286. The topological polar surface area (TPSA) is 55.5 Å². The largest absolute Gasteiger partial charge is 0.508 e. The van der Waals surface area contributed by atoms with Crippen LogP contribution in [0.3, 0.4) is 0 Å². The molecule has 0 unspecified atom stereocenters. The Kier molecular flexibility index (Phi) is 3.60. The number of halogens is 1. The molecule has 0 aliphatic carbocycles. The minimum absolute atomic E-state index is 0.0680. The zero-order chi connectivity index (χ0) is 14.0. The third-order valence-electron chi connectivity index (χ3n) is 3.05. The van der Waals surface area contributed by atoms with E-state index in [0.29, 0.717) is 11.3 Å². The fraction of sp³-hybridized carbons (Fsp3) is 0.200. The zero-order valence-corrected chi connectivity index (χ0v) is 10.9. The molecule has 2 aromatic carbocycles. The second-order valence-electron chi connectivity index (χ2n) is 4.47. The number of hydrogen-bond acceptors (Lipinski definition) is 3. The molecule has 0 saturated carbocycles. The number of rotatable bonds is 3. The number of aryl methyl sites for hydroxylation is 1. The minimum Gasteiger partial charge on any atom is -0.508 e. The van der Waals surface area contributed by atoms with Gasteiger partial charge in [-0.2, -0.15) is 0 Å². The Bertz CT molecular complexity index is 611. The number of phenols is 1. The molecule has 0 aromatic heterocycles. The van der Waals surface area contributed by atoms with Crippen LogP contribution in [0.2, 0.25) is 0 Å². The smallest absolute Gasteiger partial charge is 0.171 e. The molecule has 3 N–H and O–H groups in total. The summed E-state index contributed by atoms with van der Waals surface area (Å²) in [6.45, 7) is 3.38. The van der Waals surface area contributed by atoms with Crippen LogP contribution in [0.1, 0.15) is 16.7 Å². The highest BCUT2D eigenvalue weighted by atomic mass is 19.1. The van der Waals surface area contributed by atoms with E-state index in [4.69, 9.17) is 10.5 Å². The number of nitrogen functional groups attached to an aromatic ring is 1. The highest BCUT2D eigenvalue weighted by molar-refractivity contribution is 5.48. The van der Waals surface area contributed by atoms with Crippen LogP contribution >= 0.6 is 0 Å². The molecule has 4 heteroatoms. The maximum absolute atomic E-state index is 14.0. The standard InChI is InChI=1S/C15H16FNO2/c1-9-7-13(18)10(2)14(16)15(9)19-8-11-5-3-4-6-12(11)17/h3-7,18H,8,17H2,1-2H3. The highest BCUT2D eigenvalue weighted by Crippen LogP contribution is 2.32. The molecule has 3 nitrogen and oxygen atoms in total. The Hall–Kier alpha value is -2.23. The maximum atomic E-state index is 14.0. The van der Waals surface area contributed by atoms with Crippen molar-refractivity contribution in [1.29, 1.82) is 0 Å². The summed E-state index contributed by atoms with van der Waals surface area (Å²) in [5, 5.41) is 9.52. The maximum Gasteiger partial charge on any atom is 0.171 e. The van der Waals surface area contributed by atoms with Crippen molar-refractivity contribution in [3.63, 3.8) is 0 Å². The van der Waals surface area contributed by atoms with Gasteiger partial charge in [0.05, 0.1) is 0 Å². The van der Waals surface area contributed by atoms with Crippen LogP contribution in [0.4, 0.5) is 10.1 Å². The lowest BCUT2D eigenvalue weighted by Gasteiger charge is -2.13. The van der Waals surface area contributed by atoms with Crippen molar-refractivity contribution in [2.75, 3.05) is 5.73 Å². The van der Waals surface area contributed by atoms with Gasteiger partial charge in [0, 0.05) is 16.8 Å². The number of anilines is 1. The summed E-state index contributed by atoms with van der Waals surface area (Å²) in [6, 6.07) is 8.76. The molecule has 0 saturated heterocycles. The van der Waals surface area contributed by atoms with E-state index >= 15 is 0 Å². The number of phenolic OH excluding ortho intramolecular Hbond substituents is 1. The number of aromatic hydroxyl groups is 1. The van der Waals surface area contributed by atoms with Crippen LogP contribution < -0.4 is 10.5 Å². The molecule has 0 fully saturated rings. The molecule has 19 heavy (non-hydrogen) atoms. The van der Waals surface area contributed by atoms with Crippen molar-refractivity contribution in [3.05, 3.63) is 52.8 Å². The van der Waals surface area contributed by atoms with Gasteiger partial charge in [0.25, 0.3) is 0 Å². The lowest BCUT2D eigenvalue weighted by Crippen LogP contribution is -2.03. The quantitative estimate of drug-likeness (QED) is 0.833. The Morgan fingerprint density at radius 3 is 2.63 bits per heavy atom. The normalized spacial score (nSPS) is 10.5. The summed E-state index contributed by atoms with van der Waals surface area (Å²) in [4.78, 5) is 0. The fourth-order valence-corrected chi connectivity index (χ4v) is 1.83. The van der Waals surface area contributed by atoms with E-state index in [1.54, 1.807) is 13.0 Å². The molecule has 0 amide bonds. The predicted molar refractivity (Wildman–Crippen MR) is 72.7 cm³/mol. The molecule has 0 atom stereocenters. The number of benzene rings is 2. The SMILES string of the molecule is Cc1cc(O)c(C)c(F)c1OCc1ccccc1N. The second-order valence-corrected chi connectivity index (χ2v) is 4.47. The lowest BCUT2D eigenvalue weighted by atomic mass is 10.1. The van der Waals surface area contributed by atoms with Crippen LogP contribution in [0.15, 0.2) is 30.3 Å². The molecule has 0 aliphatic rings. The molecule has 2 aromatic rings. The molecule has 0 spiro atoms. The average Bonchev–Trinajstić information content (AvgIpc) is 2.38. The van der Waals surface area contributed by atoms with Crippen LogP contribution in [-0.4, -0.2) is 5.11 Å². The first kappa shape index (κ1) is 13.2. The highest BCUT2D eigenvalue weighted by Gasteiger charge is 2.14. The third-order valence-corrected chi connectivity index (χ3v) is 3.05. The summed E-state index contributed by atoms with van der Waals surface area (Å²) >= 11 is 0. The Morgan fingerprint density at radius 1 is 1.26 bits per heavy atom. The van der Waals surface area contributed by atoms with Crippen LogP contribution in [0, 0.1) is 19.7 Å². The van der Waals surface area contributed by atoms with Gasteiger partial charge in [-0.15, -0.1) is 0 Å². The fourth-order valence-electron chi connectivity index (χ4n) is 1.83. The van der Waals surface area contributed by atoms with Crippen molar-refractivity contribution >= 4 is 5.69 Å². The molecular formula is C15H16FNO2. The minimum atomic E-state index is -0.535. The van der Waals surface area contributed by atoms with Crippen molar-refractivity contribution in [1.82, 2.24) is 0 Å². The van der Waals surface area contributed by atoms with E-state index < -0.39 is 5.82 Å². The zero-order valence-electron chi connectivity index (χ0n) is 10.9. The Balaban J connectivity index is 2.26. The summed E-state index contributed by atoms with van der Waals surface area (Å²) in [5.74, 6) is -0.452. The first-order valence-corrected chi connectivity index (χ1v) is 5.95. The van der Waals surface area contributed by atoms with Gasteiger partial charge in [0.2, 0.25) is 0 Å². The molecule has 0 radical (unpaired) electrons. The van der Waals surface area contributed by atoms with E-state index in [-0.39, 0.29) is 23.7 Å². The first-order chi connectivity index (χ1) is 9.00. The van der Waals surface area contributed by atoms with Gasteiger partial charge >= 0.3 is 0 Å². The van der Waals surface area contributed by atoms with Crippen molar-refractivity contribution in [2.45, 2.75) is 20.5 Å². The third kappa shape index (κ3) is 2.62. The molecule has 2 rings (SSSR count). The van der Waals surface area contributed by atoms with E-state index in [0.717, 1.165) is 5.56 Å². The Labute approximate surface area is 111 Å². The van der Waals surface area contributed by atoms with Crippen molar-refractivity contribution in [2.24, 2.45) is 0 Å². The molecular weight excluding hydrogens is 245 g/mol. The summed E-state index contributed by atoms with van der Waals surface area (Å²) in [7, 11) is 0. The summed E-state index contributed by atoms with van der Waals surface area (Å²) < 4.78 is 19.5. The monoisotopic (exact) mass is 261 g/mol. The van der Waals surface area contributed by atoms with E-state index in [1.807, 2.05) is 18.2 Å². The van der Waals surface area contributed by atoms with Gasteiger partial charge in [-0.25, -0.2) is 4.39 Å². The second kappa shape index (κ2) is 5.18. The van der Waals surface area contributed by atoms with E-state index in [1.165, 1.54) is 13.0 Å². The van der Waals surface area contributed by atoms with Crippen molar-refractivity contribution < 1.29 is 14.2 Å². The number of nitrogens with two attached hydrogens (primary N) is 1. The van der Waals surface area contributed by atoms with Crippen LogP contribution in [0.25, 0.3) is 0 Å². The number of para-hydroxylation sites is 1. The summed E-state index contributed by atoms with van der Waals surface area (Å²) in [6.07, 6.45) is 0. The summed E-state index contributed by atoms with van der Waals surface area (Å²) in [5.41, 5.74) is 7.94. The van der Waals surface area contributed by atoms with E-state index in [9.17, 15) is 9.50 Å². The van der Waals surface area contributed by atoms with Crippen LogP contribution in [-0.2, 0) is 6.61 Å². The number of ether oxygens (including phenoxy) is 1. The van der Waals surface area contributed by atoms with Crippen LogP contribution in [0.5, 0.6) is 11.5 Å². The van der Waals surface area contributed by atoms with Gasteiger partial charge in [-0.1, -0.05) is 18.2 Å². The number of hydrogen-bond donors (Lipinski definition) is 2. The molecule has 0 bridgehead atoms. The van der Waals surface area contributed by atoms with Crippen molar-refractivity contribution in [3.8, 4) is 11.5 Å². The van der Waals surface area contributed by atoms with Gasteiger partial charge in [0.1, 0.15) is 12.4 Å². The average molecular weight is 261 g/mol. The van der Waals surface area contributed by atoms with Gasteiger partial charge in [0.15, 0.2) is 11.6 Å². The van der Waals surface area contributed by atoms with Gasteiger partial charge in [-0.05, 0) is 31.5 Å². The Morgan fingerprint density at radius 2 is 1.95 bits per heavy atom. The first-order valence-electron chi connectivity index (χ1n) is 5.95. The van der Waals surface area contributed by atoms with Gasteiger partial charge < -0.3 is 15.6 Å². The molecule has 0 heterocycles. The molecule has 0 aliphatic heterocycles. The van der Waals surface area contributed by atoms with E-state index in [2.05, 4.69) is 0 Å². The van der Waals surface area contributed by atoms with Gasteiger partial charge in [-0.3, -0.25) is 0 Å². The predicted octanol–water partition coefficient (Wildman–Crippen LogP) is 3.31. The molecule has 100 valence electrons.